The number of amides is 1. The van der Waals surface area contributed by atoms with Crippen LogP contribution in [0.15, 0.2) is 0 Å². The number of nitrogens with one attached hydrogen (secondary N) is 2. The minimum absolute atomic E-state index is 0.169. The molecule has 2 N–H and O–H groups in total. The zero-order chi connectivity index (χ0) is 11.4. The van der Waals surface area contributed by atoms with Gasteiger partial charge in [-0.15, -0.1) is 0 Å². The zero-order valence-corrected chi connectivity index (χ0v) is 10.3. The second-order valence-electron chi connectivity index (χ2n) is 5.68. The molecule has 2 fully saturated rings. The van der Waals surface area contributed by atoms with E-state index in [1.807, 2.05) is 0 Å². The summed E-state index contributed by atoms with van der Waals surface area (Å²) in [7, 11) is 0. The number of piperidine rings is 1. The summed E-state index contributed by atoms with van der Waals surface area (Å²) in [6, 6.07) is 0. The van der Waals surface area contributed by atoms with Gasteiger partial charge in [-0.3, -0.25) is 4.79 Å². The summed E-state index contributed by atoms with van der Waals surface area (Å²) in [5.41, 5.74) is -0.169. The molecule has 1 saturated carbocycles. The molecule has 0 aromatic heterocycles. The van der Waals surface area contributed by atoms with Crippen LogP contribution < -0.4 is 10.6 Å². The molecule has 0 spiro atoms. The van der Waals surface area contributed by atoms with Gasteiger partial charge in [0.25, 0.3) is 0 Å². The molecule has 16 heavy (non-hydrogen) atoms. The van der Waals surface area contributed by atoms with Crippen molar-refractivity contribution in [2.45, 2.75) is 45.4 Å². The Bertz CT molecular complexity index is 242. The molecule has 1 unspecified atom stereocenters. The van der Waals surface area contributed by atoms with Crippen LogP contribution in [-0.4, -0.2) is 25.5 Å². The second-order valence-corrected chi connectivity index (χ2v) is 5.68. The lowest BCUT2D eigenvalue weighted by Gasteiger charge is -2.32. The number of carbonyl (C=O) groups excluding carboxylic acids is 1. The molecule has 0 radical (unpaired) electrons. The van der Waals surface area contributed by atoms with E-state index >= 15 is 0 Å². The molecule has 3 heteroatoms. The third-order valence-electron chi connectivity index (χ3n) is 3.92. The molecule has 1 aliphatic carbocycles. The van der Waals surface area contributed by atoms with Crippen molar-refractivity contribution in [1.29, 1.82) is 0 Å². The number of hydrogen-bond donors (Lipinski definition) is 2. The molecule has 0 aromatic rings. The maximum atomic E-state index is 12.0. The van der Waals surface area contributed by atoms with Crippen molar-refractivity contribution >= 4 is 5.91 Å². The van der Waals surface area contributed by atoms with E-state index in [2.05, 4.69) is 17.6 Å². The molecular formula is C13H24N2O. The maximum Gasteiger partial charge on any atom is 0.227 e. The monoisotopic (exact) mass is 224 g/mol. The first-order valence-electron chi connectivity index (χ1n) is 6.70. The van der Waals surface area contributed by atoms with Gasteiger partial charge in [-0.1, -0.05) is 12.8 Å². The Hall–Kier alpha value is -0.570. The molecule has 2 aliphatic rings. The highest BCUT2D eigenvalue weighted by atomic mass is 16.2. The lowest BCUT2D eigenvalue weighted by atomic mass is 9.82. The Kier molecular flexibility index (Phi) is 3.85. The lowest BCUT2D eigenvalue weighted by Crippen LogP contribution is -2.48. The Labute approximate surface area is 98.4 Å². The SMILES string of the molecule is CC1(C(=O)NCCCC2CC2)CCCNC1. The van der Waals surface area contributed by atoms with Gasteiger partial charge in [-0.05, 0) is 45.1 Å². The molecule has 3 nitrogen and oxygen atoms in total. The van der Waals surface area contributed by atoms with Gasteiger partial charge in [0.2, 0.25) is 5.91 Å². The molecule has 1 atom stereocenters. The van der Waals surface area contributed by atoms with Crippen LogP contribution in [0.2, 0.25) is 0 Å². The van der Waals surface area contributed by atoms with Gasteiger partial charge in [-0.2, -0.15) is 0 Å². The van der Waals surface area contributed by atoms with Crippen molar-refractivity contribution in [2.75, 3.05) is 19.6 Å². The molecule has 2 rings (SSSR count). The van der Waals surface area contributed by atoms with E-state index in [1.165, 1.54) is 19.3 Å². The molecule has 1 heterocycles. The average molecular weight is 224 g/mol. The van der Waals surface area contributed by atoms with Crippen LogP contribution in [0.25, 0.3) is 0 Å². The van der Waals surface area contributed by atoms with E-state index < -0.39 is 0 Å². The first-order valence-corrected chi connectivity index (χ1v) is 6.70. The fraction of sp³-hybridized carbons (Fsp3) is 0.923. The van der Waals surface area contributed by atoms with Gasteiger partial charge >= 0.3 is 0 Å². The van der Waals surface area contributed by atoms with Gasteiger partial charge in [0, 0.05) is 13.1 Å². The highest BCUT2D eigenvalue weighted by molar-refractivity contribution is 5.82. The van der Waals surface area contributed by atoms with Gasteiger partial charge in [-0.25, -0.2) is 0 Å². The van der Waals surface area contributed by atoms with Crippen LogP contribution in [0.4, 0.5) is 0 Å². The smallest absolute Gasteiger partial charge is 0.227 e. The van der Waals surface area contributed by atoms with Crippen LogP contribution in [0.3, 0.4) is 0 Å². The van der Waals surface area contributed by atoms with Crippen LogP contribution in [-0.2, 0) is 4.79 Å². The molecule has 0 bridgehead atoms. The largest absolute Gasteiger partial charge is 0.356 e. The second kappa shape index (κ2) is 5.17. The molecule has 1 aliphatic heterocycles. The summed E-state index contributed by atoms with van der Waals surface area (Å²) in [6.07, 6.45) is 7.42. The minimum atomic E-state index is -0.169. The van der Waals surface area contributed by atoms with Gasteiger partial charge < -0.3 is 10.6 Å². The first kappa shape index (κ1) is 11.9. The van der Waals surface area contributed by atoms with E-state index in [-0.39, 0.29) is 11.3 Å². The van der Waals surface area contributed by atoms with Crippen molar-refractivity contribution in [2.24, 2.45) is 11.3 Å². The van der Waals surface area contributed by atoms with Crippen molar-refractivity contribution in [3.05, 3.63) is 0 Å². The first-order chi connectivity index (χ1) is 7.71. The number of rotatable bonds is 5. The van der Waals surface area contributed by atoms with E-state index in [0.29, 0.717) is 0 Å². The summed E-state index contributed by atoms with van der Waals surface area (Å²) in [5, 5.41) is 6.41. The maximum absolute atomic E-state index is 12.0. The fourth-order valence-electron chi connectivity index (χ4n) is 2.46. The van der Waals surface area contributed by atoms with Crippen molar-refractivity contribution < 1.29 is 4.79 Å². The zero-order valence-electron chi connectivity index (χ0n) is 10.3. The summed E-state index contributed by atoms with van der Waals surface area (Å²) < 4.78 is 0. The van der Waals surface area contributed by atoms with Gasteiger partial charge in [0.05, 0.1) is 5.41 Å². The third kappa shape index (κ3) is 3.21. The Morgan fingerprint density at radius 2 is 2.31 bits per heavy atom. The van der Waals surface area contributed by atoms with Crippen molar-refractivity contribution in [3.63, 3.8) is 0 Å². The quantitative estimate of drug-likeness (QED) is 0.698. The van der Waals surface area contributed by atoms with E-state index in [4.69, 9.17) is 0 Å². The predicted molar refractivity (Wildman–Crippen MR) is 65.2 cm³/mol. The highest BCUT2D eigenvalue weighted by Crippen LogP contribution is 2.33. The van der Waals surface area contributed by atoms with Crippen molar-refractivity contribution in [3.8, 4) is 0 Å². The predicted octanol–water partition coefficient (Wildman–Crippen LogP) is 1.68. The summed E-state index contributed by atoms with van der Waals surface area (Å²) in [5.74, 6) is 1.22. The van der Waals surface area contributed by atoms with E-state index in [1.54, 1.807) is 0 Å². The van der Waals surface area contributed by atoms with E-state index in [9.17, 15) is 4.79 Å². The molecule has 1 saturated heterocycles. The third-order valence-corrected chi connectivity index (χ3v) is 3.92. The highest BCUT2D eigenvalue weighted by Gasteiger charge is 2.34. The lowest BCUT2D eigenvalue weighted by molar-refractivity contribution is -0.131. The molecule has 1 amide bonds. The Morgan fingerprint density at radius 1 is 1.50 bits per heavy atom. The molecular weight excluding hydrogens is 200 g/mol. The van der Waals surface area contributed by atoms with Crippen LogP contribution in [0, 0.1) is 11.3 Å². The number of hydrogen-bond acceptors (Lipinski definition) is 2. The summed E-state index contributed by atoms with van der Waals surface area (Å²) in [6.45, 7) is 4.84. The van der Waals surface area contributed by atoms with Crippen LogP contribution >= 0.6 is 0 Å². The fourth-order valence-corrected chi connectivity index (χ4v) is 2.46. The molecule has 0 aromatic carbocycles. The van der Waals surface area contributed by atoms with Crippen LogP contribution in [0.5, 0.6) is 0 Å². The standard InChI is InChI=1S/C13H24N2O/c1-13(7-3-8-14-10-13)12(16)15-9-2-4-11-5-6-11/h11,14H,2-10H2,1H3,(H,15,16). The summed E-state index contributed by atoms with van der Waals surface area (Å²) in [4.78, 5) is 12.0. The van der Waals surface area contributed by atoms with E-state index in [0.717, 1.165) is 44.8 Å². The van der Waals surface area contributed by atoms with Crippen molar-refractivity contribution in [1.82, 2.24) is 10.6 Å². The number of carbonyl (C=O) groups is 1. The normalized spacial score (nSPS) is 30.1. The minimum Gasteiger partial charge on any atom is -0.356 e. The Balaban J connectivity index is 1.64. The van der Waals surface area contributed by atoms with Gasteiger partial charge in [0.15, 0.2) is 0 Å². The Morgan fingerprint density at radius 3 is 2.94 bits per heavy atom. The average Bonchev–Trinajstić information content (AvgIpc) is 3.09. The van der Waals surface area contributed by atoms with Gasteiger partial charge in [0.1, 0.15) is 0 Å². The van der Waals surface area contributed by atoms with Crippen LogP contribution in [0.1, 0.15) is 45.4 Å². The summed E-state index contributed by atoms with van der Waals surface area (Å²) >= 11 is 0. The topological polar surface area (TPSA) is 41.1 Å². The molecule has 92 valence electrons.